The lowest BCUT2D eigenvalue weighted by Crippen LogP contribution is -2.29. The van der Waals surface area contributed by atoms with E-state index in [-0.39, 0.29) is 12.5 Å². The fraction of sp³-hybridized carbons (Fsp3) is 0.385. The van der Waals surface area contributed by atoms with Crippen LogP contribution in [0.15, 0.2) is 18.2 Å². The molecule has 1 rings (SSSR count). The number of hydrogen-bond donors (Lipinski definition) is 1. The molecule has 0 aliphatic heterocycles. The number of carbonyl (C=O) groups is 1. The fourth-order valence-electron chi connectivity index (χ4n) is 1.54. The van der Waals surface area contributed by atoms with Gasteiger partial charge in [-0.25, -0.2) is 0 Å². The van der Waals surface area contributed by atoms with E-state index in [1.807, 2.05) is 6.07 Å². The molecule has 0 heterocycles. The van der Waals surface area contributed by atoms with Crippen LogP contribution in [0.1, 0.15) is 18.9 Å². The van der Waals surface area contributed by atoms with E-state index in [9.17, 15) is 4.79 Å². The standard InChI is InChI=1S/C13H15ClN2O2/c1-3-9(7-15)13(17)16-8-10-11(14)5-4-6-12(10)18-2/h4-6,9H,3,8H2,1-2H3,(H,16,17). The van der Waals surface area contributed by atoms with E-state index in [0.29, 0.717) is 22.8 Å². The molecule has 1 unspecified atom stereocenters. The molecule has 1 atom stereocenters. The number of carbonyl (C=O) groups excluding carboxylic acids is 1. The van der Waals surface area contributed by atoms with Gasteiger partial charge in [-0.2, -0.15) is 5.26 Å². The molecule has 1 amide bonds. The van der Waals surface area contributed by atoms with Gasteiger partial charge < -0.3 is 10.1 Å². The van der Waals surface area contributed by atoms with Gasteiger partial charge >= 0.3 is 0 Å². The molecule has 0 aliphatic rings. The van der Waals surface area contributed by atoms with Crippen LogP contribution in [0.25, 0.3) is 0 Å². The van der Waals surface area contributed by atoms with Crippen molar-refractivity contribution in [2.24, 2.45) is 5.92 Å². The highest BCUT2D eigenvalue weighted by Gasteiger charge is 2.16. The van der Waals surface area contributed by atoms with E-state index >= 15 is 0 Å². The van der Waals surface area contributed by atoms with Crippen molar-refractivity contribution in [3.8, 4) is 11.8 Å². The molecule has 4 nitrogen and oxygen atoms in total. The van der Waals surface area contributed by atoms with Crippen LogP contribution in [-0.4, -0.2) is 13.0 Å². The van der Waals surface area contributed by atoms with Gasteiger partial charge in [0.1, 0.15) is 11.7 Å². The summed E-state index contributed by atoms with van der Waals surface area (Å²) >= 11 is 6.04. The largest absolute Gasteiger partial charge is 0.496 e. The van der Waals surface area contributed by atoms with Crippen molar-refractivity contribution >= 4 is 17.5 Å². The zero-order valence-corrected chi connectivity index (χ0v) is 11.1. The fourth-order valence-corrected chi connectivity index (χ4v) is 1.77. The van der Waals surface area contributed by atoms with Crippen molar-refractivity contribution in [2.75, 3.05) is 7.11 Å². The van der Waals surface area contributed by atoms with Crippen molar-refractivity contribution in [2.45, 2.75) is 19.9 Å². The first-order chi connectivity index (χ1) is 8.63. The molecule has 0 aromatic heterocycles. The zero-order chi connectivity index (χ0) is 13.5. The Morgan fingerprint density at radius 1 is 1.61 bits per heavy atom. The number of nitrogens with zero attached hydrogens (tertiary/aromatic N) is 1. The average Bonchev–Trinajstić information content (AvgIpc) is 2.38. The molecule has 0 aliphatic carbocycles. The molecule has 5 heteroatoms. The van der Waals surface area contributed by atoms with Crippen molar-refractivity contribution < 1.29 is 9.53 Å². The smallest absolute Gasteiger partial charge is 0.237 e. The SMILES string of the molecule is CCC(C#N)C(=O)NCc1c(Cl)cccc1OC. The number of ether oxygens (including phenoxy) is 1. The normalized spacial score (nSPS) is 11.4. The van der Waals surface area contributed by atoms with E-state index in [2.05, 4.69) is 5.32 Å². The lowest BCUT2D eigenvalue weighted by Gasteiger charge is -2.12. The third kappa shape index (κ3) is 3.38. The van der Waals surface area contributed by atoms with Crippen LogP contribution in [0.5, 0.6) is 5.75 Å². The monoisotopic (exact) mass is 266 g/mol. The number of rotatable bonds is 5. The van der Waals surface area contributed by atoms with Gasteiger partial charge in [-0.1, -0.05) is 24.6 Å². The number of hydrogen-bond acceptors (Lipinski definition) is 3. The molecule has 0 saturated carbocycles. The van der Waals surface area contributed by atoms with Gasteiger partial charge in [0.05, 0.1) is 13.2 Å². The Kier molecular flexibility index (Phi) is 5.47. The summed E-state index contributed by atoms with van der Waals surface area (Å²) in [6, 6.07) is 7.23. The van der Waals surface area contributed by atoms with Gasteiger partial charge in [0.25, 0.3) is 0 Å². The van der Waals surface area contributed by atoms with Gasteiger partial charge in [0.15, 0.2) is 0 Å². The quantitative estimate of drug-likeness (QED) is 0.891. The summed E-state index contributed by atoms with van der Waals surface area (Å²) in [7, 11) is 1.54. The number of benzene rings is 1. The highest BCUT2D eigenvalue weighted by molar-refractivity contribution is 6.31. The highest BCUT2D eigenvalue weighted by atomic mass is 35.5. The highest BCUT2D eigenvalue weighted by Crippen LogP contribution is 2.25. The first kappa shape index (κ1) is 14.3. The Labute approximate surface area is 112 Å². The predicted octanol–water partition coefficient (Wildman–Crippen LogP) is 2.51. The van der Waals surface area contributed by atoms with Gasteiger partial charge in [0.2, 0.25) is 5.91 Å². The number of amides is 1. The first-order valence-corrected chi connectivity index (χ1v) is 6.00. The topological polar surface area (TPSA) is 62.1 Å². The second kappa shape index (κ2) is 6.87. The van der Waals surface area contributed by atoms with E-state index < -0.39 is 5.92 Å². The minimum atomic E-state index is -0.626. The molecule has 18 heavy (non-hydrogen) atoms. The minimum Gasteiger partial charge on any atom is -0.496 e. The molecule has 1 N–H and O–H groups in total. The summed E-state index contributed by atoms with van der Waals surface area (Å²) in [5.74, 6) is -0.298. The number of methoxy groups -OCH3 is 1. The molecule has 0 spiro atoms. The number of nitrogens with one attached hydrogen (secondary N) is 1. The van der Waals surface area contributed by atoms with Crippen molar-refractivity contribution in [1.82, 2.24) is 5.32 Å². The summed E-state index contributed by atoms with van der Waals surface area (Å²) < 4.78 is 5.17. The maximum absolute atomic E-state index is 11.7. The molecule has 1 aromatic rings. The van der Waals surface area contributed by atoms with Gasteiger partial charge in [0, 0.05) is 17.1 Å². The number of nitriles is 1. The Hall–Kier alpha value is -1.73. The summed E-state index contributed by atoms with van der Waals surface area (Å²) in [6.07, 6.45) is 0.488. The van der Waals surface area contributed by atoms with Crippen molar-refractivity contribution in [3.05, 3.63) is 28.8 Å². The first-order valence-electron chi connectivity index (χ1n) is 5.62. The molecule has 96 valence electrons. The van der Waals surface area contributed by atoms with Gasteiger partial charge in [-0.15, -0.1) is 0 Å². The van der Waals surface area contributed by atoms with E-state index in [1.54, 1.807) is 32.2 Å². The zero-order valence-electron chi connectivity index (χ0n) is 10.4. The third-order valence-corrected chi connectivity index (χ3v) is 2.97. The summed E-state index contributed by atoms with van der Waals surface area (Å²) in [4.78, 5) is 11.7. The lowest BCUT2D eigenvalue weighted by atomic mass is 10.1. The third-order valence-electron chi connectivity index (χ3n) is 2.62. The van der Waals surface area contributed by atoms with E-state index in [1.165, 1.54) is 0 Å². The Balaban J connectivity index is 2.75. The second-order valence-corrected chi connectivity index (χ2v) is 4.14. The Bertz CT molecular complexity index is 469. The second-order valence-electron chi connectivity index (χ2n) is 3.73. The van der Waals surface area contributed by atoms with Crippen molar-refractivity contribution in [3.63, 3.8) is 0 Å². The van der Waals surface area contributed by atoms with Crippen LogP contribution in [0.3, 0.4) is 0 Å². The molecular formula is C13H15ClN2O2. The van der Waals surface area contributed by atoms with Crippen LogP contribution in [-0.2, 0) is 11.3 Å². The summed E-state index contributed by atoms with van der Waals surface area (Å²) in [5, 5.41) is 12.0. The Morgan fingerprint density at radius 2 is 2.33 bits per heavy atom. The van der Waals surface area contributed by atoms with Crippen LogP contribution >= 0.6 is 11.6 Å². The van der Waals surface area contributed by atoms with Crippen LogP contribution in [0, 0.1) is 17.2 Å². The number of halogens is 1. The molecule has 0 bridgehead atoms. The molecular weight excluding hydrogens is 252 g/mol. The van der Waals surface area contributed by atoms with E-state index in [0.717, 1.165) is 0 Å². The predicted molar refractivity (Wildman–Crippen MR) is 69.2 cm³/mol. The van der Waals surface area contributed by atoms with E-state index in [4.69, 9.17) is 21.6 Å². The lowest BCUT2D eigenvalue weighted by molar-refractivity contribution is -0.123. The molecule has 0 saturated heterocycles. The maximum atomic E-state index is 11.7. The Morgan fingerprint density at radius 3 is 2.89 bits per heavy atom. The summed E-state index contributed by atoms with van der Waals surface area (Å²) in [5.41, 5.74) is 0.711. The van der Waals surface area contributed by atoms with Crippen LogP contribution < -0.4 is 10.1 Å². The van der Waals surface area contributed by atoms with Crippen molar-refractivity contribution in [1.29, 1.82) is 5.26 Å². The van der Waals surface area contributed by atoms with Gasteiger partial charge in [-0.05, 0) is 18.6 Å². The van der Waals surface area contributed by atoms with Crippen LogP contribution in [0.2, 0.25) is 5.02 Å². The minimum absolute atomic E-state index is 0.250. The molecule has 0 radical (unpaired) electrons. The molecule has 0 fully saturated rings. The van der Waals surface area contributed by atoms with Gasteiger partial charge in [-0.3, -0.25) is 4.79 Å². The summed E-state index contributed by atoms with van der Waals surface area (Å²) in [6.45, 7) is 2.05. The van der Waals surface area contributed by atoms with Crippen LogP contribution in [0.4, 0.5) is 0 Å². The maximum Gasteiger partial charge on any atom is 0.237 e. The average molecular weight is 267 g/mol. The molecule has 1 aromatic carbocycles.